The minimum atomic E-state index is 0.286. The Labute approximate surface area is 122 Å². The van der Waals surface area contributed by atoms with Gasteiger partial charge < -0.3 is 4.90 Å². The van der Waals surface area contributed by atoms with Gasteiger partial charge in [-0.2, -0.15) is 0 Å². The Kier molecular flexibility index (Phi) is 4.99. The molecule has 0 saturated carbocycles. The number of amides is 1. The third-order valence-electron chi connectivity index (χ3n) is 3.89. The molecular weight excluding hydrogens is 246 g/mol. The first-order valence-corrected chi connectivity index (χ1v) is 7.56. The van der Waals surface area contributed by atoms with E-state index in [1.807, 2.05) is 23.1 Å². The summed E-state index contributed by atoms with van der Waals surface area (Å²) in [6, 6.07) is 10.2. The lowest BCUT2D eigenvalue weighted by Crippen LogP contribution is -2.43. The van der Waals surface area contributed by atoms with E-state index < -0.39 is 0 Å². The van der Waals surface area contributed by atoms with Crippen molar-refractivity contribution in [2.75, 3.05) is 13.1 Å². The van der Waals surface area contributed by atoms with Crippen LogP contribution in [-0.4, -0.2) is 23.9 Å². The van der Waals surface area contributed by atoms with Crippen LogP contribution in [-0.2, 0) is 4.79 Å². The first-order valence-electron chi connectivity index (χ1n) is 7.56. The van der Waals surface area contributed by atoms with Crippen LogP contribution in [0.1, 0.15) is 45.1 Å². The topological polar surface area (TPSA) is 20.3 Å². The van der Waals surface area contributed by atoms with Crippen LogP contribution in [0.2, 0.25) is 0 Å². The van der Waals surface area contributed by atoms with E-state index in [9.17, 15) is 4.79 Å². The zero-order valence-electron chi connectivity index (χ0n) is 12.6. The van der Waals surface area contributed by atoms with E-state index in [1.54, 1.807) is 0 Å². The van der Waals surface area contributed by atoms with Crippen molar-refractivity contribution >= 4 is 12.0 Å². The highest BCUT2D eigenvalue weighted by atomic mass is 16.2. The van der Waals surface area contributed by atoms with E-state index in [-0.39, 0.29) is 5.41 Å². The lowest BCUT2D eigenvalue weighted by molar-refractivity contribution is -0.134. The maximum absolute atomic E-state index is 12.2. The number of likely N-dealkylation sites (tertiary alicyclic amines) is 1. The highest BCUT2D eigenvalue weighted by Crippen LogP contribution is 2.28. The quantitative estimate of drug-likeness (QED) is 0.806. The van der Waals surface area contributed by atoms with E-state index in [1.165, 1.54) is 12.0 Å². The van der Waals surface area contributed by atoms with Gasteiger partial charge in [0, 0.05) is 19.5 Å². The molecule has 0 bridgehead atoms. The molecule has 0 unspecified atom stereocenters. The number of carbonyl (C=O) groups excluding carboxylic acids is 1. The van der Waals surface area contributed by atoms with Crippen molar-refractivity contribution in [1.82, 2.24) is 4.90 Å². The molecule has 20 heavy (non-hydrogen) atoms. The summed E-state index contributed by atoms with van der Waals surface area (Å²) in [5, 5.41) is 0. The second kappa shape index (κ2) is 6.74. The van der Waals surface area contributed by atoms with E-state index in [2.05, 4.69) is 38.1 Å². The van der Waals surface area contributed by atoms with Gasteiger partial charge in [0.1, 0.15) is 0 Å². The van der Waals surface area contributed by atoms with Crippen molar-refractivity contribution in [3.63, 3.8) is 0 Å². The fraction of sp³-hybridized carbons (Fsp3) is 0.500. The molecule has 1 aliphatic rings. The van der Waals surface area contributed by atoms with Crippen LogP contribution in [0.3, 0.4) is 0 Å². The average Bonchev–Trinajstić information content (AvgIpc) is 2.43. The van der Waals surface area contributed by atoms with E-state index in [0.717, 1.165) is 25.9 Å². The van der Waals surface area contributed by atoms with Gasteiger partial charge in [0.05, 0.1) is 0 Å². The van der Waals surface area contributed by atoms with Crippen LogP contribution >= 0.6 is 0 Å². The molecule has 1 aromatic rings. The van der Waals surface area contributed by atoms with E-state index in [4.69, 9.17) is 0 Å². The Morgan fingerprint density at radius 2 is 2.05 bits per heavy atom. The molecule has 1 aromatic carbocycles. The van der Waals surface area contributed by atoms with Gasteiger partial charge in [-0.1, -0.05) is 56.3 Å². The molecule has 1 heterocycles. The maximum atomic E-state index is 12.2. The van der Waals surface area contributed by atoms with Gasteiger partial charge in [0.15, 0.2) is 0 Å². The summed E-state index contributed by atoms with van der Waals surface area (Å²) in [7, 11) is 0. The first kappa shape index (κ1) is 14.8. The molecule has 0 N–H and O–H groups in total. The molecule has 0 spiro atoms. The third kappa shape index (κ3) is 4.52. The van der Waals surface area contributed by atoms with Crippen LogP contribution in [0.25, 0.3) is 6.08 Å². The predicted octanol–water partition coefficient (Wildman–Crippen LogP) is 4.13. The monoisotopic (exact) mass is 271 g/mol. The molecule has 1 saturated heterocycles. The Morgan fingerprint density at radius 1 is 1.30 bits per heavy atom. The van der Waals surface area contributed by atoms with Crippen LogP contribution in [0.5, 0.6) is 0 Å². The van der Waals surface area contributed by atoms with Gasteiger partial charge in [-0.25, -0.2) is 0 Å². The second-order valence-corrected chi connectivity index (χ2v) is 6.43. The number of hydrogen-bond donors (Lipinski definition) is 0. The number of rotatable bonds is 4. The SMILES string of the molecule is CC1(C)CCCN(C(=O)CCC=Cc2ccccc2)C1. The van der Waals surface area contributed by atoms with Crippen LogP contribution in [0.15, 0.2) is 36.4 Å². The van der Waals surface area contributed by atoms with Crippen molar-refractivity contribution in [3.05, 3.63) is 42.0 Å². The fourth-order valence-electron chi connectivity index (χ4n) is 2.78. The lowest BCUT2D eigenvalue weighted by atomic mass is 9.84. The van der Waals surface area contributed by atoms with Crippen molar-refractivity contribution < 1.29 is 4.79 Å². The standard InChI is InChI=1S/C18H25NO/c1-18(2)13-8-14-19(15-18)17(20)12-7-6-11-16-9-4-3-5-10-16/h3-6,9-11H,7-8,12-15H2,1-2H3. The molecule has 0 aromatic heterocycles. The Hall–Kier alpha value is -1.57. The van der Waals surface area contributed by atoms with Crippen LogP contribution < -0.4 is 0 Å². The number of hydrogen-bond acceptors (Lipinski definition) is 1. The zero-order chi connectivity index (χ0) is 14.4. The van der Waals surface area contributed by atoms with Gasteiger partial charge >= 0.3 is 0 Å². The van der Waals surface area contributed by atoms with Gasteiger partial charge in [-0.05, 0) is 30.2 Å². The van der Waals surface area contributed by atoms with Crippen LogP contribution in [0.4, 0.5) is 0 Å². The minimum absolute atomic E-state index is 0.286. The maximum Gasteiger partial charge on any atom is 0.222 e. The molecule has 0 atom stereocenters. The van der Waals surface area contributed by atoms with E-state index >= 15 is 0 Å². The Morgan fingerprint density at radius 3 is 2.75 bits per heavy atom. The second-order valence-electron chi connectivity index (χ2n) is 6.43. The lowest BCUT2D eigenvalue weighted by Gasteiger charge is -2.38. The summed E-state index contributed by atoms with van der Waals surface area (Å²) in [4.78, 5) is 14.2. The van der Waals surface area contributed by atoms with E-state index in [0.29, 0.717) is 12.3 Å². The van der Waals surface area contributed by atoms with Crippen molar-refractivity contribution in [3.8, 4) is 0 Å². The van der Waals surface area contributed by atoms with Gasteiger partial charge in [0.2, 0.25) is 5.91 Å². The molecule has 108 valence electrons. The summed E-state index contributed by atoms with van der Waals surface area (Å²) in [6.45, 7) is 6.35. The van der Waals surface area contributed by atoms with Crippen LogP contribution in [0, 0.1) is 5.41 Å². The Bertz CT molecular complexity index is 462. The zero-order valence-corrected chi connectivity index (χ0v) is 12.6. The van der Waals surface area contributed by atoms with Crippen molar-refractivity contribution in [1.29, 1.82) is 0 Å². The van der Waals surface area contributed by atoms with Gasteiger partial charge in [-0.15, -0.1) is 0 Å². The molecule has 2 rings (SSSR count). The average molecular weight is 271 g/mol. The minimum Gasteiger partial charge on any atom is -0.342 e. The fourth-order valence-corrected chi connectivity index (χ4v) is 2.78. The molecule has 1 amide bonds. The largest absolute Gasteiger partial charge is 0.342 e. The number of nitrogens with zero attached hydrogens (tertiary/aromatic N) is 1. The smallest absolute Gasteiger partial charge is 0.222 e. The van der Waals surface area contributed by atoms with Gasteiger partial charge in [0.25, 0.3) is 0 Å². The highest BCUT2D eigenvalue weighted by Gasteiger charge is 2.28. The Balaban J connectivity index is 1.76. The number of benzene rings is 1. The number of carbonyl (C=O) groups is 1. The molecule has 0 radical (unpaired) electrons. The normalized spacial score (nSPS) is 18.4. The molecule has 1 aliphatic heterocycles. The number of allylic oxidation sites excluding steroid dienone is 1. The predicted molar refractivity (Wildman–Crippen MR) is 84.3 cm³/mol. The molecular formula is C18H25NO. The summed E-state index contributed by atoms with van der Waals surface area (Å²) < 4.78 is 0. The number of piperidine rings is 1. The molecule has 2 nitrogen and oxygen atoms in total. The molecule has 1 fully saturated rings. The molecule has 0 aliphatic carbocycles. The summed E-state index contributed by atoms with van der Waals surface area (Å²) in [6.07, 6.45) is 8.00. The summed E-state index contributed by atoms with van der Waals surface area (Å²) >= 11 is 0. The highest BCUT2D eigenvalue weighted by molar-refractivity contribution is 5.76. The third-order valence-corrected chi connectivity index (χ3v) is 3.89. The first-order chi connectivity index (χ1) is 9.57. The van der Waals surface area contributed by atoms with Crippen molar-refractivity contribution in [2.45, 2.75) is 39.5 Å². The van der Waals surface area contributed by atoms with Gasteiger partial charge in [-0.3, -0.25) is 4.79 Å². The summed E-state index contributed by atoms with van der Waals surface area (Å²) in [5.41, 5.74) is 1.48. The van der Waals surface area contributed by atoms with Crippen molar-refractivity contribution in [2.24, 2.45) is 5.41 Å². The summed E-state index contributed by atoms with van der Waals surface area (Å²) in [5.74, 6) is 0.301. The molecule has 2 heteroatoms.